The molecule has 0 fully saturated rings. The molecule has 4 nitrogen and oxygen atoms in total. The van der Waals surface area contributed by atoms with Crippen LogP contribution in [0.15, 0.2) is 40.9 Å². The van der Waals surface area contributed by atoms with Gasteiger partial charge in [-0.3, -0.25) is 4.79 Å². The van der Waals surface area contributed by atoms with Crippen LogP contribution < -0.4 is 11.4 Å². The van der Waals surface area contributed by atoms with Crippen molar-refractivity contribution in [3.63, 3.8) is 0 Å². The summed E-state index contributed by atoms with van der Waals surface area (Å²) in [6.07, 6.45) is 0. The Balaban J connectivity index is 2.59. The highest BCUT2D eigenvalue weighted by Gasteiger charge is 2.22. The highest BCUT2D eigenvalue weighted by Crippen LogP contribution is 2.45. The summed E-state index contributed by atoms with van der Waals surface area (Å²) in [5.41, 5.74) is 1.81. The zero-order valence-corrected chi connectivity index (χ0v) is 19.1. The molecule has 0 saturated heterocycles. The molecule has 0 saturated carbocycles. The number of aromatic nitrogens is 2. The largest absolute Gasteiger partial charge is 0.320 e. The number of nitrogens with two attached hydrogens (primary N) is 1. The van der Waals surface area contributed by atoms with E-state index in [4.69, 9.17) is 17.4 Å². The lowest BCUT2D eigenvalue weighted by molar-refractivity contribution is 0.780. The lowest BCUT2D eigenvalue weighted by atomic mass is 10.0. The van der Waals surface area contributed by atoms with Crippen molar-refractivity contribution in [2.75, 3.05) is 5.84 Å². The number of rotatable bonds is 1. The van der Waals surface area contributed by atoms with Crippen molar-refractivity contribution < 1.29 is 0 Å². The van der Waals surface area contributed by atoms with E-state index in [-0.39, 0.29) is 0 Å². The zero-order chi connectivity index (χ0) is 17.8. The van der Waals surface area contributed by atoms with Gasteiger partial charge >= 0.3 is 0 Å². The molecule has 0 spiro atoms. The molecule has 0 unspecified atom stereocenters. The van der Waals surface area contributed by atoms with Crippen LogP contribution in [0.5, 0.6) is 0 Å². The third-order valence-corrected chi connectivity index (χ3v) is 8.59. The molecule has 0 aliphatic rings. The number of fused-ring (bicyclic) bond motifs is 1. The second-order valence-electron chi connectivity index (χ2n) is 5.09. The lowest BCUT2D eigenvalue weighted by Crippen LogP contribution is -2.30. The minimum atomic E-state index is -0.419. The van der Waals surface area contributed by atoms with Gasteiger partial charge in [-0.15, -0.1) is 9.89 Å². The molecule has 0 aliphatic carbocycles. The smallest absolute Gasteiger partial charge is 0.294 e. The van der Waals surface area contributed by atoms with E-state index in [0.29, 0.717) is 40.5 Å². The Morgan fingerprint density at radius 2 is 1.62 bits per heavy atom. The SMILES string of the molecule is Cc1ccc(-c2nn(N)c(=O)c3c(Br)c(Br)c(Br)c(Br)c23)c(Cl)c1. The normalized spacial score (nSPS) is 11.2. The van der Waals surface area contributed by atoms with Crippen molar-refractivity contribution in [1.29, 1.82) is 0 Å². The van der Waals surface area contributed by atoms with E-state index in [9.17, 15) is 4.79 Å². The van der Waals surface area contributed by atoms with E-state index in [0.717, 1.165) is 14.8 Å². The fourth-order valence-corrected chi connectivity index (χ4v) is 5.17. The van der Waals surface area contributed by atoms with Gasteiger partial charge in [0, 0.05) is 28.8 Å². The minimum absolute atomic E-state index is 0.404. The van der Waals surface area contributed by atoms with E-state index >= 15 is 0 Å². The Bertz CT molecular complexity index is 1070. The number of hydrogen-bond acceptors (Lipinski definition) is 3. The zero-order valence-electron chi connectivity index (χ0n) is 12.0. The van der Waals surface area contributed by atoms with Crippen LogP contribution in [0, 0.1) is 6.92 Å². The standard InChI is InChI=1S/C15H8Br4ClN3O/c1-5-2-3-6(7(20)4-5)14-8-9(15(24)23(21)22-14)11(17)13(19)12(18)10(8)16/h2-4H,21H2,1H3. The first-order chi connectivity index (χ1) is 11.2. The van der Waals surface area contributed by atoms with Crippen molar-refractivity contribution >= 4 is 86.1 Å². The maximum Gasteiger partial charge on any atom is 0.294 e. The first kappa shape index (κ1) is 18.4. The maximum atomic E-state index is 12.5. The molecule has 3 rings (SSSR count). The molecule has 0 amide bonds. The van der Waals surface area contributed by atoms with Crippen LogP contribution >= 0.6 is 75.3 Å². The maximum absolute atomic E-state index is 12.5. The minimum Gasteiger partial charge on any atom is -0.320 e. The molecular formula is C15H8Br4ClN3O. The van der Waals surface area contributed by atoms with Crippen LogP contribution in [-0.4, -0.2) is 9.89 Å². The van der Waals surface area contributed by atoms with E-state index in [2.05, 4.69) is 68.8 Å². The van der Waals surface area contributed by atoms with Gasteiger partial charge in [-0.05, 0) is 82.3 Å². The molecule has 0 aliphatic heterocycles. The Kier molecular flexibility index (Phi) is 5.15. The van der Waals surface area contributed by atoms with Gasteiger partial charge in [0.05, 0.1) is 10.4 Å². The van der Waals surface area contributed by atoms with E-state index in [1.165, 1.54) is 0 Å². The van der Waals surface area contributed by atoms with Gasteiger partial charge in [0.25, 0.3) is 5.56 Å². The van der Waals surface area contributed by atoms with Crippen molar-refractivity contribution in [3.8, 4) is 11.3 Å². The number of benzene rings is 2. The summed E-state index contributed by atoms with van der Waals surface area (Å²) < 4.78 is 2.72. The lowest BCUT2D eigenvalue weighted by Gasteiger charge is -2.14. The van der Waals surface area contributed by atoms with Gasteiger partial charge in [-0.1, -0.05) is 23.7 Å². The Hall–Kier alpha value is -0.410. The Morgan fingerprint density at radius 1 is 1.04 bits per heavy atom. The first-order valence-electron chi connectivity index (χ1n) is 6.54. The molecule has 1 aromatic heterocycles. The summed E-state index contributed by atoms with van der Waals surface area (Å²) in [5.74, 6) is 5.80. The molecule has 24 heavy (non-hydrogen) atoms. The summed E-state index contributed by atoms with van der Waals surface area (Å²) in [6, 6.07) is 5.63. The molecule has 0 radical (unpaired) electrons. The van der Waals surface area contributed by atoms with Crippen molar-refractivity contribution in [2.24, 2.45) is 0 Å². The average Bonchev–Trinajstić information content (AvgIpc) is 2.53. The fraction of sp³-hybridized carbons (Fsp3) is 0.0667. The number of nitrogen functional groups attached to an aromatic ring is 1. The molecule has 2 aromatic carbocycles. The second-order valence-corrected chi connectivity index (χ2v) is 8.67. The van der Waals surface area contributed by atoms with Crippen LogP contribution in [0.4, 0.5) is 0 Å². The molecule has 2 N–H and O–H groups in total. The number of hydrogen-bond donors (Lipinski definition) is 1. The molecule has 1 heterocycles. The van der Waals surface area contributed by atoms with Gasteiger partial charge in [0.1, 0.15) is 5.69 Å². The van der Waals surface area contributed by atoms with Gasteiger partial charge < -0.3 is 5.84 Å². The second kappa shape index (κ2) is 6.72. The van der Waals surface area contributed by atoms with Gasteiger partial charge in [0.15, 0.2) is 0 Å². The van der Waals surface area contributed by atoms with Crippen molar-refractivity contribution in [1.82, 2.24) is 9.89 Å². The molecule has 3 aromatic rings. The third-order valence-electron chi connectivity index (χ3n) is 3.51. The molecule has 0 bridgehead atoms. The van der Waals surface area contributed by atoms with Gasteiger partial charge in [-0.25, -0.2) is 0 Å². The summed E-state index contributed by atoms with van der Waals surface area (Å²) >= 11 is 20.4. The van der Waals surface area contributed by atoms with Crippen LogP contribution in [0.25, 0.3) is 22.0 Å². The topological polar surface area (TPSA) is 60.9 Å². The highest BCUT2D eigenvalue weighted by molar-refractivity contribution is 9.15. The van der Waals surface area contributed by atoms with E-state index < -0.39 is 5.56 Å². The predicted octanol–water partition coefficient (Wildman–Crippen LogP) is 5.79. The van der Waals surface area contributed by atoms with Crippen molar-refractivity contribution in [2.45, 2.75) is 6.92 Å². The average molecular weight is 601 g/mol. The van der Waals surface area contributed by atoms with Crippen molar-refractivity contribution in [3.05, 3.63) is 57.0 Å². The molecule has 124 valence electrons. The number of aryl methyl sites for hydroxylation is 1. The Labute approximate surface area is 175 Å². The highest BCUT2D eigenvalue weighted by atomic mass is 79.9. The monoisotopic (exact) mass is 597 g/mol. The number of halogens is 5. The first-order valence-corrected chi connectivity index (χ1v) is 10.1. The summed E-state index contributed by atoms with van der Waals surface area (Å²) in [7, 11) is 0. The third kappa shape index (κ3) is 2.86. The van der Waals surface area contributed by atoms with Gasteiger partial charge in [-0.2, -0.15) is 0 Å². The van der Waals surface area contributed by atoms with Crippen LogP contribution in [0.3, 0.4) is 0 Å². The van der Waals surface area contributed by atoms with Crippen LogP contribution in [-0.2, 0) is 0 Å². The summed E-state index contributed by atoms with van der Waals surface area (Å²) in [5, 5.41) is 5.80. The molecular weight excluding hydrogens is 593 g/mol. The number of nitrogens with zero attached hydrogens (tertiary/aromatic N) is 2. The Morgan fingerprint density at radius 3 is 2.21 bits per heavy atom. The van der Waals surface area contributed by atoms with Gasteiger partial charge in [0.2, 0.25) is 0 Å². The quantitative estimate of drug-likeness (QED) is 0.218. The molecule has 0 atom stereocenters. The summed E-state index contributed by atoms with van der Waals surface area (Å²) in [4.78, 5) is 13.4. The predicted molar refractivity (Wildman–Crippen MR) is 112 cm³/mol. The van der Waals surface area contributed by atoms with Crippen LogP contribution in [0.1, 0.15) is 5.56 Å². The fourth-order valence-electron chi connectivity index (χ4n) is 2.37. The summed E-state index contributed by atoms with van der Waals surface area (Å²) in [6.45, 7) is 1.95. The van der Waals surface area contributed by atoms with E-state index in [1.54, 1.807) is 0 Å². The van der Waals surface area contributed by atoms with Crippen LogP contribution in [0.2, 0.25) is 5.02 Å². The van der Waals surface area contributed by atoms with E-state index in [1.807, 2.05) is 25.1 Å². The molecule has 9 heteroatoms.